The summed E-state index contributed by atoms with van der Waals surface area (Å²) in [5, 5.41) is 6.87. The minimum absolute atomic E-state index is 0.591. The Kier molecular flexibility index (Phi) is 6.44. The summed E-state index contributed by atoms with van der Waals surface area (Å²) in [5.41, 5.74) is 10.6. The number of fused-ring (bicyclic) bond motifs is 11. The van der Waals surface area contributed by atoms with Crippen molar-refractivity contribution in [2.24, 2.45) is 0 Å². The molecule has 12 rings (SSSR count). The number of aromatic nitrogens is 2. The summed E-state index contributed by atoms with van der Waals surface area (Å²) in [7, 11) is 0. The van der Waals surface area contributed by atoms with Crippen molar-refractivity contribution in [1.82, 2.24) is 9.55 Å². The normalized spacial score (nSPS) is 12.0. The molecule has 4 heterocycles. The van der Waals surface area contributed by atoms with Crippen LogP contribution in [0.4, 0.5) is 17.1 Å². The Hall–Kier alpha value is -7.15. The fourth-order valence-electron chi connectivity index (χ4n) is 8.34. The van der Waals surface area contributed by atoms with Crippen molar-refractivity contribution in [3.05, 3.63) is 176 Å². The van der Waals surface area contributed by atoms with Gasteiger partial charge in [-0.3, -0.25) is 0 Å². The molecule has 4 aromatic heterocycles. The first-order valence-corrected chi connectivity index (χ1v) is 19.2. The number of benzene rings is 8. The molecule has 0 saturated heterocycles. The second-order valence-electron chi connectivity index (χ2n) is 14.0. The Bertz CT molecular complexity index is 3450. The molecule has 0 bridgehead atoms. The van der Waals surface area contributed by atoms with Crippen LogP contribution in [0.2, 0.25) is 0 Å². The lowest BCUT2D eigenvalue weighted by Crippen LogP contribution is -2.10. The van der Waals surface area contributed by atoms with E-state index in [2.05, 4.69) is 143 Å². The SMILES string of the molecule is c1ccc(-c2nc3c(ccc4oc5ccc(N(c6ccc7sc8ccccc8c7c6)c6ccc7c8ccccc8n(-c8ccccc8)c7c6)cc5c43)o2)cc1. The van der Waals surface area contributed by atoms with Gasteiger partial charge >= 0.3 is 0 Å². The van der Waals surface area contributed by atoms with Crippen LogP contribution in [0.1, 0.15) is 0 Å². The van der Waals surface area contributed by atoms with E-state index in [0.717, 1.165) is 66.9 Å². The van der Waals surface area contributed by atoms with E-state index in [0.29, 0.717) is 5.89 Å². The van der Waals surface area contributed by atoms with Crippen LogP contribution in [0, 0.1) is 0 Å². The predicted molar refractivity (Wildman–Crippen MR) is 229 cm³/mol. The molecule has 0 amide bonds. The van der Waals surface area contributed by atoms with Crippen LogP contribution >= 0.6 is 11.3 Å². The first-order chi connectivity index (χ1) is 27.2. The average Bonchev–Trinajstić information content (AvgIpc) is 4.01. The molecule has 5 nitrogen and oxygen atoms in total. The van der Waals surface area contributed by atoms with Crippen LogP contribution in [0.15, 0.2) is 185 Å². The third-order valence-electron chi connectivity index (χ3n) is 10.8. The zero-order valence-electron chi connectivity index (χ0n) is 29.3. The van der Waals surface area contributed by atoms with Crippen molar-refractivity contribution in [2.75, 3.05) is 4.90 Å². The summed E-state index contributed by atoms with van der Waals surface area (Å²) in [5.74, 6) is 0.591. The van der Waals surface area contributed by atoms with E-state index in [-0.39, 0.29) is 0 Å². The minimum atomic E-state index is 0.591. The molecule has 0 atom stereocenters. The fraction of sp³-hybridized carbons (Fsp3) is 0. The topological polar surface area (TPSA) is 47.3 Å². The molecule has 0 unspecified atom stereocenters. The smallest absolute Gasteiger partial charge is 0.227 e. The van der Waals surface area contributed by atoms with E-state index in [9.17, 15) is 0 Å². The number of oxazole rings is 1. The highest BCUT2D eigenvalue weighted by Crippen LogP contribution is 2.45. The summed E-state index contributed by atoms with van der Waals surface area (Å²) >= 11 is 1.83. The molecule has 258 valence electrons. The summed E-state index contributed by atoms with van der Waals surface area (Å²) in [6, 6.07) is 62.1. The van der Waals surface area contributed by atoms with Crippen LogP contribution in [0.3, 0.4) is 0 Å². The van der Waals surface area contributed by atoms with Gasteiger partial charge in [0.1, 0.15) is 16.7 Å². The molecule has 12 aromatic rings. The van der Waals surface area contributed by atoms with E-state index >= 15 is 0 Å². The Labute approximate surface area is 318 Å². The monoisotopic (exact) mass is 723 g/mol. The Morgan fingerprint density at radius 2 is 1.09 bits per heavy atom. The first kappa shape index (κ1) is 30.3. The Morgan fingerprint density at radius 3 is 1.96 bits per heavy atom. The van der Waals surface area contributed by atoms with Crippen molar-refractivity contribution >= 4 is 103 Å². The highest BCUT2D eigenvalue weighted by atomic mass is 32.1. The second-order valence-corrected chi connectivity index (χ2v) is 15.0. The largest absolute Gasteiger partial charge is 0.456 e. The molecule has 0 radical (unpaired) electrons. The third-order valence-corrected chi connectivity index (χ3v) is 12.0. The molecule has 8 aromatic carbocycles. The lowest BCUT2D eigenvalue weighted by Gasteiger charge is -2.26. The Balaban J connectivity index is 1.12. The van der Waals surface area contributed by atoms with E-state index in [4.69, 9.17) is 13.8 Å². The number of furan rings is 1. The molecule has 0 aliphatic rings. The highest BCUT2D eigenvalue weighted by Gasteiger charge is 2.22. The van der Waals surface area contributed by atoms with Crippen LogP contribution in [-0.2, 0) is 0 Å². The maximum absolute atomic E-state index is 6.47. The molecule has 0 saturated carbocycles. The van der Waals surface area contributed by atoms with Crippen molar-refractivity contribution in [1.29, 1.82) is 0 Å². The molecule has 0 aliphatic heterocycles. The number of hydrogen-bond acceptors (Lipinski definition) is 5. The highest BCUT2D eigenvalue weighted by molar-refractivity contribution is 7.25. The van der Waals surface area contributed by atoms with Crippen molar-refractivity contribution in [2.45, 2.75) is 0 Å². The van der Waals surface area contributed by atoms with Gasteiger partial charge in [0.2, 0.25) is 5.89 Å². The lowest BCUT2D eigenvalue weighted by atomic mass is 10.1. The van der Waals surface area contributed by atoms with Crippen molar-refractivity contribution in [3.63, 3.8) is 0 Å². The van der Waals surface area contributed by atoms with Gasteiger partial charge in [-0.2, -0.15) is 0 Å². The molecular weight excluding hydrogens is 695 g/mol. The molecule has 0 aliphatic carbocycles. The molecule has 0 spiro atoms. The zero-order chi connectivity index (χ0) is 36.0. The van der Waals surface area contributed by atoms with Gasteiger partial charge in [-0.15, -0.1) is 11.3 Å². The van der Waals surface area contributed by atoms with E-state index in [1.54, 1.807) is 0 Å². The van der Waals surface area contributed by atoms with Crippen molar-refractivity contribution in [3.8, 4) is 17.1 Å². The second kappa shape index (κ2) is 11.7. The van der Waals surface area contributed by atoms with Gasteiger partial charge in [-0.05, 0) is 97.1 Å². The van der Waals surface area contributed by atoms with E-state index in [1.165, 1.54) is 36.5 Å². The van der Waals surface area contributed by atoms with Crippen LogP contribution in [0.25, 0.3) is 92.2 Å². The van der Waals surface area contributed by atoms with Crippen LogP contribution in [-0.4, -0.2) is 9.55 Å². The Morgan fingerprint density at radius 1 is 0.455 bits per heavy atom. The standard InChI is InChI=1S/C49H29N3O2S/c1-3-11-30(12-4-1)49-50-48-44(54-49)25-24-43-47(48)39-28-32(20-23-42(39)53-43)51(33-21-26-46-38(27-33)37-16-8-10-18-45(37)55-46)34-19-22-36-35-15-7-9-17-40(35)52(41(36)29-34)31-13-5-2-6-14-31/h1-29H. The maximum Gasteiger partial charge on any atom is 0.227 e. The predicted octanol–water partition coefficient (Wildman–Crippen LogP) is 14.3. The van der Waals surface area contributed by atoms with Crippen molar-refractivity contribution < 1.29 is 8.83 Å². The fourth-order valence-corrected chi connectivity index (χ4v) is 9.42. The third kappa shape index (κ3) is 4.62. The zero-order valence-corrected chi connectivity index (χ0v) is 30.1. The molecule has 6 heteroatoms. The quantitative estimate of drug-likeness (QED) is 0.177. The number of thiophene rings is 1. The van der Waals surface area contributed by atoms with Gasteiger partial charge in [0.15, 0.2) is 5.58 Å². The number of hydrogen-bond donors (Lipinski definition) is 0. The number of anilines is 3. The van der Waals surface area contributed by atoms with Crippen LogP contribution in [0.5, 0.6) is 0 Å². The van der Waals surface area contributed by atoms with Gasteiger partial charge in [0.05, 0.1) is 16.4 Å². The molecule has 0 fully saturated rings. The van der Waals surface area contributed by atoms with Gasteiger partial charge in [0.25, 0.3) is 0 Å². The molecular formula is C49H29N3O2S. The lowest BCUT2D eigenvalue weighted by molar-refractivity contribution is 0.619. The number of nitrogens with zero attached hydrogens (tertiary/aromatic N) is 3. The van der Waals surface area contributed by atoms with Gasteiger partial charge in [-0.1, -0.05) is 78.9 Å². The van der Waals surface area contributed by atoms with E-state index in [1.807, 2.05) is 53.8 Å². The van der Waals surface area contributed by atoms with Gasteiger partial charge < -0.3 is 18.3 Å². The first-order valence-electron chi connectivity index (χ1n) is 18.4. The summed E-state index contributed by atoms with van der Waals surface area (Å²) in [4.78, 5) is 7.40. The summed E-state index contributed by atoms with van der Waals surface area (Å²) in [6.07, 6.45) is 0. The summed E-state index contributed by atoms with van der Waals surface area (Å²) < 4.78 is 17.7. The van der Waals surface area contributed by atoms with Gasteiger partial charge in [-0.25, -0.2) is 4.98 Å². The van der Waals surface area contributed by atoms with Crippen LogP contribution < -0.4 is 4.90 Å². The molecule has 0 N–H and O–H groups in total. The number of para-hydroxylation sites is 2. The van der Waals surface area contributed by atoms with E-state index < -0.39 is 0 Å². The maximum atomic E-state index is 6.47. The number of rotatable bonds is 5. The minimum Gasteiger partial charge on any atom is -0.456 e. The summed E-state index contributed by atoms with van der Waals surface area (Å²) in [6.45, 7) is 0. The molecule has 55 heavy (non-hydrogen) atoms. The average molecular weight is 724 g/mol. The van der Waals surface area contributed by atoms with Gasteiger partial charge in [0, 0.05) is 64.6 Å².